The van der Waals surface area contributed by atoms with E-state index in [4.69, 9.17) is 0 Å². The Morgan fingerprint density at radius 1 is 1.10 bits per heavy atom. The van der Waals surface area contributed by atoms with Gasteiger partial charge in [0.15, 0.2) is 0 Å². The maximum absolute atomic E-state index is 13.3. The molecular formula is C30H38N6O6. The SMILES string of the molecule is COC(=O)/C=C/CC[C@H](NC(=O)c1ccnn1C)C(=O)Nc1cccn(CC(=O)NC2C3CC4CC(C3)CC2C4)c1=O. The largest absolute Gasteiger partial charge is 0.466 e. The maximum atomic E-state index is 13.3. The van der Waals surface area contributed by atoms with E-state index in [-0.39, 0.29) is 42.7 Å². The minimum absolute atomic E-state index is 0.00481. The number of ether oxygens (including phenoxy) is 1. The number of nitrogens with one attached hydrogen (secondary N) is 3. The van der Waals surface area contributed by atoms with E-state index in [0.29, 0.717) is 11.8 Å². The van der Waals surface area contributed by atoms with Gasteiger partial charge in [0.1, 0.15) is 24.0 Å². The van der Waals surface area contributed by atoms with Crippen molar-refractivity contribution in [3.63, 3.8) is 0 Å². The van der Waals surface area contributed by atoms with Crippen molar-refractivity contribution < 1.29 is 23.9 Å². The summed E-state index contributed by atoms with van der Waals surface area (Å²) >= 11 is 0. The highest BCUT2D eigenvalue weighted by Crippen LogP contribution is 2.53. The Hall–Kier alpha value is -4.22. The highest BCUT2D eigenvalue weighted by Gasteiger charge is 2.48. The second-order valence-electron chi connectivity index (χ2n) is 11.7. The summed E-state index contributed by atoms with van der Waals surface area (Å²) in [4.78, 5) is 63.8. The molecule has 3 amide bonds. The van der Waals surface area contributed by atoms with Crippen LogP contribution in [0.2, 0.25) is 0 Å². The zero-order valence-electron chi connectivity index (χ0n) is 24.0. The Balaban J connectivity index is 1.23. The minimum atomic E-state index is -1.03. The fourth-order valence-electron chi connectivity index (χ4n) is 7.13. The second kappa shape index (κ2) is 12.7. The lowest BCUT2D eigenvalue weighted by atomic mass is 9.54. The number of allylic oxidation sites excluding steroid dienone is 1. The van der Waals surface area contributed by atoms with Gasteiger partial charge in [-0.15, -0.1) is 0 Å². The zero-order chi connectivity index (χ0) is 29.8. The molecule has 0 spiro atoms. The molecule has 0 unspecified atom stereocenters. The van der Waals surface area contributed by atoms with Crippen molar-refractivity contribution in [1.29, 1.82) is 0 Å². The third-order valence-corrected chi connectivity index (χ3v) is 8.90. The minimum Gasteiger partial charge on any atom is -0.466 e. The van der Waals surface area contributed by atoms with E-state index in [2.05, 4.69) is 25.8 Å². The summed E-state index contributed by atoms with van der Waals surface area (Å²) in [5, 5.41) is 12.5. The first-order valence-corrected chi connectivity index (χ1v) is 14.5. The van der Waals surface area contributed by atoms with Crippen molar-refractivity contribution in [1.82, 2.24) is 25.0 Å². The van der Waals surface area contributed by atoms with Gasteiger partial charge < -0.3 is 25.3 Å². The number of nitrogens with zero attached hydrogens (tertiary/aromatic N) is 3. The van der Waals surface area contributed by atoms with E-state index < -0.39 is 29.4 Å². The Labute approximate surface area is 243 Å². The summed E-state index contributed by atoms with van der Waals surface area (Å²) in [5.74, 6) is 0.769. The van der Waals surface area contributed by atoms with Gasteiger partial charge in [-0.05, 0) is 86.8 Å². The molecule has 42 heavy (non-hydrogen) atoms. The van der Waals surface area contributed by atoms with Crippen LogP contribution >= 0.6 is 0 Å². The van der Waals surface area contributed by atoms with Crippen LogP contribution in [-0.2, 0) is 32.7 Å². The first-order chi connectivity index (χ1) is 20.2. The van der Waals surface area contributed by atoms with Gasteiger partial charge >= 0.3 is 5.97 Å². The molecule has 0 saturated heterocycles. The topological polar surface area (TPSA) is 153 Å². The van der Waals surface area contributed by atoms with E-state index in [1.165, 1.54) is 79.1 Å². The van der Waals surface area contributed by atoms with E-state index in [1.807, 2.05) is 0 Å². The first-order valence-electron chi connectivity index (χ1n) is 14.5. The molecule has 6 rings (SSSR count). The number of rotatable bonds is 11. The van der Waals surface area contributed by atoms with Crippen LogP contribution in [-0.4, -0.2) is 57.2 Å². The third kappa shape index (κ3) is 6.63. The highest BCUT2D eigenvalue weighted by molar-refractivity contribution is 6.00. The molecule has 12 nitrogen and oxygen atoms in total. The second-order valence-corrected chi connectivity index (χ2v) is 11.7. The molecule has 4 aliphatic rings. The van der Waals surface area contributed by atoms with E-state index in [9.17, 15) is 24.0 Å². The lowest BCUT2D eigenvalue weighted by Gasteiger charge is -2.54. The molecule has 1 atom stereocenters. The molecule has 3 N–H and O–H groups in total. The van der Waals surface area contributed by atoms with Crippen molar-refractivity contribution in [2.75, 3.05) is 12.4 Å². The number of aryl methyl sites for hydroxylation is 1. The number of esters is 1. The van der Waals surface area contributed by atoms with Crippen molar-refractivity contribution in [3.8, 4) is 0 Å². The summed E-state index contributed by atoms with van der Waals surface area (Å²) < 4.78 is 7.24. The molecule has 2 heterocycles. The Bertz CT molecular complexity index is 1400. The molecule has 0 aliphatic heterocycles. The van der Waals surface area contributed by atoms with E-state index >= 15 is 0 Å². The Kier molecular flexibility index (Phi) is 8.89. The molecule has 4 fully saturated rings. The van der Waals surface area contributed by atoms with Crippen LogP contribution in [0, 0.1) is 23.7 Å². The first kappa shape index (κ1) is 29.3. The van der Waals surface area contributed by atoms with Gasteiger partial charge in [-0.25, -0.2) is 4.79 Å². The van der Waals surface area contributed by atoms with Gasteiger partial charge in [0, 0.05) is 31.6 Å². The van der Waals surface area contributed by atoms with Crippen LogP contribution < -0.4 is 21.5 Å². The van der Waals surface area contributed by atoms with Gasteiger partial charge in [-0.3, -0.25) is 23.9 Å². The standard InChI is InChI=1S/C30H38N6O6/c1-35-24(9-10-31-35)29(40)32-22(6-3-4-8-26(38)42-2)28(39)33-23-7-5-11-36(30(23)41)17-25(37)34-27-20-13-18-12-19(15-20)16-21(27)14-18/h4-5,7-11,18-22,27H,3,6,12-17H2,1-2H3,(H,32,40)(H,33,39)(H,34,37)/b8-4+/t18?,19?,20?,21?,22-,27?/m0/s1. The molecule has 4 saturated carbocycles. The number of aromatic nitrogens is 3. The number of hydrogen-bond acceptors (Lipinski definition) is 7. The summed E-state index contributed by atoms with van der Waals surface area (Å²) in [5.41, 5.74) is -0.270. The number of carbonyl (C=O) groups is 4. The van der Waals surface area contributed by atoms with Crippen LogP contribution in [0.1, 0.15) is 55.4 Å². The quantitative estimate of drug-likeness (QED) is 0.271. The summed E-state index contributed by atoms with van der Waals surface area (Å²) in [6.45, 7) is -0.148. The normalized spacial score (nSPS) is 24.8. The number of anilines is 1. The van der Waals surface area contributed by atoms with Crippen LogP contribution in [0.3, 0.4) is 0 Å². The monoisotopic (exact) mass is 578 g/mol. The van der Waals surface area contributed by atoms with Gasteiger partial charge in [-0.2, -0.15) is 5.10 Å². The average Bonchev–Trinajstić information content (AvgIpc) is 3.39. The van der Waals surface area contributed by atoms with Crippen LogP contribution in [0.5, 0.6) is 0 Å². The van der Waals surface area contributed by atoms with Gasteiger partial charge in [0.05, 0.1) is 7.11 Å². The molecule has 224 valence electrons. The number of pyridine rings is 1. The highest BCUT2D eigenvalue weighted by atomic mass is 16.5. The summed E-state index contributed by atoms with van der Waals surface area (Å²) in [6.07, 6.45) is 12.2. The zero-order valence-corrected chi connectivity index (χ0v) is 24.0. The molecular weight excluding hydrogens is 540 g/mol. The fraction of sp³-hybridized carbons (Fsp3) is 0.533. The van der Waals surface area contributed by atoms with Crippen LogP contribution in [0.15, 0.2) is 47.5 Å². The van der Waals surface area contributed by atoms with E-state index in [1.54, 1.807) is 19.2 Å². The van der Waals surface area contributed by atoms with Crippen LogP contribution in [0.4, 0.5) is 5.69 Å². The third-order valence-electron chi connectivity index (χ3n) is 8.90. The molecule has 12 heteroatoms. The van der Waals surface area contributed by atoms with Crippen molar-refractivity contribution in [2.45, 2.75) is 63.6 Å². The Morgan fingerprint density at radius 2 is 1.81 bits per heavy atom. The Morgan fingerprint density at radius 3 is 2.45 bits per heavy atom. The van der Waals surface area contributed by atoms with Crippen LogP contribution in [0.25, 0.3) is 0 Å². The predicted molar refractivity (Wildman–Crippen MR) is 153 cm³/mol. The van der Waals surface area contributed by atoms with Crippen molar-refractivity contribution in [3.05, 3.63) is 58.8 Å². The van der Waals surface area contributed by atoms with Gasteiger partial charge in [-0.1, -0.05) is 6.08 Å². The average molecular weight is 579 g/mol. The molecule has 2 aromatic rings. The summed E-state index contributed by atoms with van der Waals surface area (Å²) in [6, 6.07) is 3.72. The molecule has 0 aromatic carbocycles. The molecule has 4 bridgehead atoms. The predicted octanol–water partition coefficient (Wildman–Crippen LogP) is 1.77. The van der Waals surface area contributed by atoms with Crippen molar-refractivity contribution >= 4 is 29.4 Å². The van der Waals surface area contributed by atoms with Crippen molar-refractivity contribution in [2.24, 2.45) is 30.7 Å². The number of amides is 3. The number of hydrogen-bond donors (Lipinski definition) is 3. The van der Waals surface area contributed by atoms with Gasteiger partial charge in [0.25, 0.3) is 11.5 Å². The smallest absolute Gasteiger partial charge is 0.330 e. The number of carbonyl (C=O) groups excluding carboxylic acids is 4. The fourth-order valence-corrected chi connectivity index (χ4v) is 7.13. The molecule has 4 aliphatic carbocycles. The molecule has 2 aromatic heterocycles. The van der Waals surface area contributed by atoms with E-state index in [0.717, 1.165) is 11.8 Å². The maximum Gasteiger partial charge on any atom is 0.330 e. The lowest BCUT2D eigenvalue weighted by Crippen LogP contribution is -2.56. The summed E-state index contributed by atoms with van der Waals surface area (Å²) in [7, 11) is 2.87. The van der Waals surface area contributed by atoms with Gasteiger partial charge in [0.2, 0.25) is 11.8 Å². The number of methoxy groups -OCH3 is 1. The molecule has 0 radical (unpaired) electrons. The lowest BCUT2D eigenvalue weighted by molar-refractivity contribution is -0.134.